The highest BCUT2D eigenvalue weighted by molar-refractivity contribution is 5.28. The number of rotatable bonds is 3. The van der Waals surface area contributed by atoms with Gasteiger partial charge in [0.15, 0.2) is 0 Å². The molecule has 1 atom stereocenters. The van der Waals surface area contributed by atoms with Gasteiger partial charge >= 0.3 is 0 Å². The number of aliphatic hydroxyl groups is 1. The number of hydrogen-bond donors (Lipinski definition) is 2. The van der Waals surface area contributed by atoms with E-state index in [-0.39, 0.29) is 6.54 Å². The van der Waals surface area contributed by atoms with Crippen LogP contribution < -0.4 is 5.73 Å². The lowest BCUT2D eigenvalue weighted by molar-refractivity contribution is 0.186. The first-order valence-corrected chi connectivity index (χ1v) is 4.66. The highest BCUT2D eigenvalue weighted by Gasteiger charge is 2.13. The maximum atomic E-state index is 9.61. The molecule has 0 saturated heterocycles. The summed E-state index contributed by atoms with van der Waals surface area (Å²) in [6.45, 7) is 7.38. The van der Waals surface area contributed by atoms with E-state index in [2.05, 4.69) is 11.5 Å². The Morgan fingerprint density at radius 1 is 1.54 bits per heavy atom. The Morgan fingerprint density at radius 2 is 2.15 bits per heavy atom. The van der Waals surface area contributed by atoms with E-state index in [1.165, 1.54) is 5.69 Å². The van der Waals surface area contributed by atoms with Crippen LogP contribution in [0.15, 0.2) is 6.07 Å². The fourth-order valence-corrected chi connectivity index (χ4v) is 1.78. The predicted molar refractivity (Wildman–Crippen MR) is 53.6 cm³/mol. The van der Waals surface area contributed by atoms with Gasteiger partial charge in [-0.05, 0) is 26.8 Å². The standard InChI is InChI=1S/C10H18N2O/c1-4-12-7(2)5-9(8(12)3)10(13)6-11/h5,10,13H,4,6,11H2,1-3H3. The lowest BCUT2D eigenvalue weighted by atomic mass is 10.1. The van der Waals surface area contributed by atoms with Gasteiger partial charge in [-0.25, -0.2) is 0 Å². The maximum absolute atomic E-state index is 9.61. The van der Waals surface area contributed by atoms with Crippen molar-refractivity contribution in [1.29, 1.82) is 0 Å². The molecule has 3 N–H and O–H groups in total. The van der Waals surface area contributed by atoms with Crippen LogP contribution in [-0.2, 0) is 6.54 Å². The molecule has 0 fully saturated rings. The van der Waals surface area contributed by atoms with Crippen LogP contribution >= 0.6 is 0 Å². The van der Waals surface area contributed by atoms with Crippen LogP contribution in [0.4, 0.5) is 0 Å². The summed E-state index contributed by atoms with van der Waals surface area (Å²) >= 11 is 0. The summed E-state index contributed by atoms with van der Waals surface area (Å²) in [5.74, 6) is 0. The van der Waals surface area contributed by atoms with Crippen molar-refractivity contribution in [2.75, 3.05) is 6.54 Å². The predicted octanol–water partition coefficient (Wildman–Crippen LogP) is 1.12. The van der Waals surface area contributed by atoms with E-state index < -0.39 is 6.10 Å². The number of nitrogens with zero attached hydrogens (tertiary/aromatic N) is 1. The van der Waals surface area contributed by atoms with Crippen LogP contribution in [-0.4, -0.2) is 16.2 Å². The molecule has 1 aromatic rings. The van der Waals surface area contributed by atoms with Crippen LogP contribution in [0.5, 0.6) is 0 Å². The molecule has 1 aromatic heterocycles. The van der Waals surface area contributed by atoms with Gasteiger partial charge in [0.25, 0.3) is 0 Å². The Morgan fingerprint density at radius 3 is 2.54 bits per heavy atom. The first-order valence-electron chi connectivity index (χ1n) is 4.66. The first kappa shape index (κ1) is 10.3. The Labute approximate surface area is 79.2 Å². The van der Waals surface area contributed by atoms with Crippen molar-refractivity contribution in [2.45, 2.75) is 33.4 Å². The third-order valence-corrected chi connectivity index (χ3v) is 2.51. The fourth-order valence-electron chi connectivity index (χ4n) is 1.78. The van der Waals surface area contributed by atoms with E-state index in [4.69, 9.17) is 5.73 Å². The summed E-state index contributed by atoms with van der Waals surface area (Å²) in [6, 6.07) is 2.01. The summed E-state index contributed by atoms with van der Waals surface area (Å²) in [4.78, 5) is 0. The van der Waals surface area contributed by atoms with Crippen molar-refractivity contribution >= 4 is 0 Å². The monoisotopic (exact) mass is 182 g/mol. The molecule has 0 aromatic carbocycles. The minimum absolute atomic E-state index is 0.286. The number of aryl methyl sites for hydroxylation is 1. The van der Waals surface area contributed by atoms with Crippen molar-refractivity contribution in [2.24, 2.45) is 5.73 Å². The van der Waals surface area contributed by atoms with E-state index in [1.54, 1.807) is 0 Å². The molecule has 1 heterocycles. The van der Waals surface area contributed by atoms with Crippen molar-refractivity contribution in [1.82, 2.24) is 4.57 Å². The number of aliphatic hydroxyl groups excluding tert-OH is 1. The second-order valence-electron chi connectivity index (χ2n) is 3.32. The zero-order chi connectivity index (χ0) is 10.0. The second kappa shape index (κ2) is 3.94. The summed E-state index contributed by atoms with van der Waals surface area (Å²) in [7, 11) is 0. The van der Waals surface area contributed by atoms with E-state index in [0.717, 1.165) is 17.8 Å². The third-order valence-electron chi connectivity index (χ3n) is 2.51. The fraction of sp³-hybridized carbons (Fsp3) is 0.600. The van der Waals surface area contributed by atoms with E-state index in [0.29, 0.717) is 0 Å². The Balaban J connectivity index is 3.10. The van der Waals surface area contributed by atoms with Crippen molar-refractivity contribution in [3.05, 3.63) is 23.0 Å². The van der Waals surface area contributed by atoms with Crippen LogP contribution in [0.1, 0.15) is 30.0 Å². The van der Waals surface area contributed by atoms with Gasteiger partial charge in [0, 0.05) is 30.0 Å². The van der Waals surface area contributed by atoms with Crippen molar-refractivity contribution < 1.29 is 5.11 Å². The molecule has 0 radical (unpaired) electrons. The summed E-state index contributed by atoms with van der Waals surface area (Å²) < 4.78 is 2.17. The Bertz CT molecular complexity index is 291. The molecule has 0 amide bonds. The average molecular weight is 182 g/mol. The normalized spacial score (nSPS) is 13.3. The minimum atomic E-state index is -0.522. The van der Waals surface area contributed by atoms with Gasteiger partial charge in [0.2, 0.25) is 0 Å². The van der Waals surface area contributed by atoms with Crippen LogP contribution in [0.25, 0.3) is 0 Å². The largest absolute Gasteiger partial charge is 0.387 e. The van der Waals surface area contributed by atoms with Gasteiger partial charge in [0.05, 0.1) is 6.10 Å². The summed E-state index contributed by atoms with van der Waals surface area (Å²) in [6.07, 6.45) is -0.522. The van der Waals surface area contributed by atoms with Gasteiger partial charge in [-0.1, -0.05) is 0 Å². The number of nitrogens with two attached hydrogens (primary N) is 1. The maximum Gasteiger partial charge on any atom is 0.0929 e. The summed E-state index contributed by atoms with van der Waals surface area (Å²) in [5, 5.41) is 9.61. The molecular formula is C10H18N2O. The first-order chi connectivity index (χ1) is 6.11. The average Bonchev–Trinajstić information content (AvgIpc) is 2.40. The molecule has 1 unspecified atom stereocenters. The van der Waals surface area contributed by atoms with Gasteiger partial charge in [0.1, 0.15) is 0 Å². The van der Waals surface area contributed by atoms with Gasteiger partial charge in [-0.2, -0.15) is 0 Å². The lowest BCUT2D eigenvalue weighted by Gasteiger charge is -2.09. The van der Waals surface area contributed by atoms with E-state index >= 15 is 0 Å². The third kappa shape index (κ3) is 1.76. The van der Waals surface area contributed by atoms with Crippen LogP contribution in [0, 0.1) is 13.8 Å². The SMILES string of the molecule is CCn1c(C)cc(C(O)CN)c1C. The molecule has 0 saturated carbocycles. The molecule has 0 bridgehead atoms. The molecule has 0 aliphatic heterocycles. The van der Waals surface area contributed by atoms with E-state index in [1.807, 2.05) is 19.9 Å². The number of aromatic nitrogens is 1. The zero-order valence-electron chi connectivity index (χ0n) is 8.54. The smallest absolute Gasteiger partial charge is 0.0929 e. The van der Waals surface area contributed by atoms with Crippen LogP contribution in [0.3, 0.4) is 0 Å². The Hall–Kier alpha value is -0.800. The zero-order valence-corrected chi connectivity index (χ0v) is 8.54. The Kier molecular flexibility index (Phi) is 3.12. The minimum Gasteiger partial charge on any atom is -0.387 e. The molecule has 3 nitrogen and oxygen atoms in total. The van der Waals surface area contributed by atoms with Crippen LogP contribution in [0.2, 0.25) is 0 Å². The summed E-state index contributed by atoms with van der Waals surface area (Å²) in [5.41, 5.74) is 8.68. The number of hydrogen-bond acceptors (Lipinski definition) is 2. The molecule has 74 valence electrons. The molecule has 13 heavy (non-hydrogen) atoms. The molecule has 0 aliphatic rings. The molecule has 3 heteroatoms. The van der Waals surface area contributed by atoms with Crippen molar-refractivity contribution in [3.63, 3.8) is 0 Å². The van der Waals surface area contributed by atoms with E-state index in [9.17, 15) is 5.11 Å². The molecule has 0 spiro atoms. The van der Waals surface area contributed by atoms with Crippen molar-refractivity contribution in [3.8, 4) is 0 Å². The quantitative estimate of drug-likeness (QED) is 0.736. The van der Waals surface area contributed by atoms with Gasteiger partial charge < -0.3 is 15.4 Å². The molecular weight excluding hydrogens is 164 g/mol. The highest BCUT2D eigenvalue weighted by atomic mass is 16.3. The van der Waals surface area contributed by atoms with Gasteiger partial charge in [-0.3, -0.25) is 0 Å². The van der Waals surface area contributed by atoms with Gasteiger partial charge in [-0.15, -0.1) is 0 Å². The topological polar surface area (TPSA) is 51.2 Å². The lowest BCUT2D eigenvalue weighted by Crippen LogP contribution is -2.12. The second-order valence-corrected chi connectivity index (χ2v) is 3.32. The molecule has 1 rings (SSSR count). The highest BCUT2D eigenvalue weighted by Crippen LogP contribution is 2.20. The molecule has 0 aliphatic carbocycles.